The minimum absolute atomic E-state index is 0.0487. The lowest BCUT2D eigenvalue weighted by Gasteiger charge is -2.33. The Balaban J connectivity index is 1.28. The van der Waals surface area contributed by atoms with E-state index < -0.39 is 59.0 Å². The number of benzene rings is 2. The van der Waals surface area contributed by atoms with Crippen molar-refractivity contribution in [3.05, 3.63) is 60.2 Å². The summed E-state index contributed by atoms with van der Waals surface area (Å²) < 4.78 is 69.8. The smallest absolute Gasteiger partial charge is 0.459 e. The van der Waals surface area contributed by atoms with Crippen molar-refractivity contribution < 1.29 is 51.2 Å². The van der Waals surface area contributed by atoms with Gasteiger partial charge < -0.3 is 38.9 Å². The molecule has 0 radical (unpaired) electrons. The van der Waals surface area contributed by atoms with Crippen LogP contribution < -0.4 is 5.73 Å². The molecule has 4 aliphatic rings. The molecule has 8 atom stereocenters. The number of fused-ring (bicyclic) bond motifs is 2. The minimum atomic E-state index is -4.08. The molecule has 4 saturated heterocycles. The van der Waals surface area contributed by atoms with Gasteiger partial charge in [0, 0.05) is 18.2 Å². The molecule has 2 aromatic carbocycles. The average Bonchev–Trinajstić information content (AvgIpc) is 3.86. The number of nitrogen functional groups attached to an aromatic ring is 1. The number of rotatable bonds is 14. The maximum Gasteiger partial charge on any atom is 0.508 e. The van der Waals surface area contributed by atoms with Gasteiger partial charge in [0.2, 0.25) is 10.0 Å². The predicted octanol–water partition coefficient (Wildman–Crippen LogP) is 3.75. The van der Waals surface area contributed by atoms with Crippen LogP contribution in [0.1, 0.15) is 38.7 Å². The number of nitrogens with zero attached hydrogens (tertiary/aromatic N) is 1. The average molecular weight is 703 g/mol. The molecular formula is C35H46N2O11S. The molecule has 49 heavy (non-hydrogen) atoms. The highest BCUT2D eigenvalue weighted by Crippen LogP contribution is 2.35. The van der Waals surface area contributed by atoms with Gasteiger partial charge in [-0.25, -0.2) is 13.2 Å². The first-order chi connectivity index (χ1) is 23.6. The van der Waals surface area contributed by atoms with E-state index in [1.807, 2.05) is 44.2 Å². The Labute approximate surface area is 287 Å². The van der Waals surface area contributed by atoms with Gasteiger partial charge in [-0.3, -0.25) is 4.79 Å². The zero-order valence-electron chi connectivity index (χ0n) is 27.9. The predicted molar refractivity (Wildman–Crippen MR) is 175 cm³/mol. The molecule has 0 saturated carbocycles. The Morgan fingerprint density at radius 2 is 1.47 bits per heavy atom. The van der Waals surface area contributed by atoms with E-state index in [9.17, 15) is 18.0 Å². The maximum atomic E-state index is 14.1. The van der Waals surface area contributed by atoms with Gasteiger partial charge in [0.1, 0.15) is 18.3 Å². The van der Waals surface area contributed by atoms with Crippen molar-refractivity contribution in [2.24, 2.45) is 23.7 Å². The number of anilines is 1. The third-order valence-corrected chi connectivity index (χ3v) is 11.4. The van der Waals surface area contributed by atoms with Gasteiger partial charge in [0.05, 0.1) is 56.1 Å². The molecular weight excluding hydrogens is 656 g/mol. The van der Waals surface area contributed by atoms with Gasteiger partial charge in [-0.1, -0.05) is 44.2 Å². The Morgan fingerprint density at radius 3 is 2.08 bits per heavy atom. The summed E-state index contributed by atoms with van der Waals surface area (Å²) in [5, 5.41) is 0. The Morgan fingerprint density at radius 1 is 0.857 bits per heavy atom. The molecule has 2 unspecified atom stereocenters. The Bertz CT molecular complexity index is 1520. The summed E-state index contributed by atoms with van der Waals surface area (Å²) in [5.74, 6) is -1.44. The summed E-state index contributed by atoms with van der Waals surface area (Å²) >= 11 is 0. The molecule has 0 aromatic heterocycles. The molecule has 14 heteroatoms. The molecule has 2 N–H and O–H groups in total. The highest BCUT2D eigenvalue weighted by Gasteiger charge is 2.46. The maximum absolute atomic E-state index is 14.1. The van der Waals surface area contributed by atoms with Crippen LogP contribution in [0.4, 0.5) is 10.5 Å². The van der Waals surface area contributed by atoms with E-state index in [1.54, 1.807) is 0 Å². The zero-order valence-corrected chi connectivity index (χ0v) is 28.7. The van der Waals surface area contributed by atoms with Crippen molar-refractivity contribution >= 4 is 27.8 Å². The van der Waals surface area contributed by atoms with Gasteiger partial charge in [0.15, 0.2) is 12.6 Å². The molecule has 2 aromatic rings. The lowest BCUT2D eigenvalue weighted by atomic mass is 9.90. The summed E-state index contributed by atoms with van der Waals surface area (Å²) in [4.78, 5) is 27.2. The lowest BCUT2D eigenvalue weighted by molar-refractivity contribution is -0.153. The van der Waals surface area contributed by atoms with Crippen LogP contribution in [0.5, 0.6) is 0 Å². The molecule has 4 heterocycles. The van der Waals surface area contributed by atoms with Crippen molar-refractivity contribution in [3.63, 3.8) is 0 Å². The summed E-state index contributed by atoms with van der Waals surface area (Å²) in [6.45, 7) is 5.13. The van der Waals surface area contributed by atoms with E-state index in [0.717, 1.165) is 12.0 Å². The zero-order chi connectivity index (χ0) is 34.5. The highest BCUT2D eigenvalue weighted by atomic mass is 32.2. The molecule has 0 aliphatic carbocycles. The lowest BCUT2D eigenvalue weighted by Crippen LogP contribution is -2.45. The van der Waals surface area contributed by atoms with Gasteiger partial charge in [0.25, 0.3) is 0 Å². The number of esters is 1. The molecule has 268 valence electrons. The number of nitrogens with two attached hydrogens (primary N) is 1. The molecule has 0 bridgehead atoms. The largest absolute Gasteiger partial charge is 0.508 e. The third kappa shape index (κ3) is 8.73. The van der Waals surface area contributed by atoms with E-state index in [-0.39, 0.29) is 55.4 Å². The molecule has 4 aliphatic heterocycles. The van der Waals surface area contributed by atoms with Crippen LogP contribution >= 0.6 is 0 Å². The van der Waals surface area contributed by atoms with Crippen LogP contribution in [0.25, 0.3) is 0 Å². The van der Waals surface area contributed by atoms with E-state index in [2.05, 4.69) is 0 Å². The fourth-order valence-corrected chi connectivity index (χ4v) is 8.62. The quantitative estimate of drug-likeness (QED) is 0.225. The summed E-state index contributed by atoms with van der Waals surface area (Å²) in [6, 6.07) is 15.4. The summed E-state index contributed by atoms with van der Waals surface area (Å²) in [6.07, 6.45) is -2.39. The molecule has 0 spiro atoms. The van der Waals surface area contributed by atoms with Crippen LogP contribution in [-0.2, 0) is 54.4 Å². The van der Waals surface area contributed by atoms with Gasteiger partial charge in [-0.15, -0.1) is 0 Å². The van der Waals surface area contributed by atoms with Crippen molar-refractivity contribution in [3.8, 4) is 0 Å². The normalized spacial score (nSPS) is 27.5. The second kappa shape index (κ2) is 15.7. The van der Waals surface area contributed by atoms with Crippen molar-refractivity contribution in [1.29, 1.82) is 0 Å². The monoisotopic (exact) mass is 702 g/mol. The molecule has 6 rings (SSSR count). The second-order valence-corrected chi connectivity index (χ2v) is 15.5. The number of hydrogen-bond donors (Lipinski definition) is 1. The second-order valence-electron chi connectivity index (χ2n) is 13.6. The number of carbonyl (C=O) groups excluding carboxylic acids is 2. The highest BCUT2D eigenvalue weighted by molar-refractivity contribution is 7.89. The topological polar surface area (TPSA) is 162 Å². The van der Waals surface area contributed by atoms with Crippen LogP contribution in [0, 0.1) is 23.7 Å². The van der Waals surface area contributed by atoms with E-state index >= 15 is 0 Å². The van der Waals surface area contributed by atoms with Crippen LogP contribution in [0.3, 0.4) is 0 Å². The van der Waals surface area contributed by atoms with Crippen molar-refractivity contribution in [2.75, 3.05) is 45.3 Å². The molecule has 0 amide bonds. The number of carbonyl (C=O) groups is 2. The molecule has 13 nitrogen and oxygen atoms in total. The van der Waals surface area contributed by atoms with Crippen molar-refractivity contribution in [2.45, 2.75) is 75.3 Å². The van der Waals surface area contributed by atoms with Crippen LogP contribution in [0.2, 0.25) is 0 Å². The fraction of sp³-hybridized carbons (Fsp3) is 0.600. The van der Waals surface area contributed by atoms with Gasteiger partial charge in [-0.2, -0.15) is 4.31 Å². The van der Waals surface area contributed by atoms with E-state index in [0.29, 0.717) is 31.7 Å². The van der Waals surface area contributed by atoms with Gasteiger partial charge >= 0.3 is 12.1 Å². The van der Waals surface area contributed by atoms with Crippen LogP contribution in [0.15, 0.2) is 59.5 Å². The standard InChI is InChI=1S/C35H46N2O11S/c1-22(2)18-37(49(40,41)26-10-8-25(36)9-11-26)19-29(47-35(39)48-31-21-45-34-28(31)13-15-43-34)24(16-23-6-4-3-5-7-23)17-32(38)46-30-20-44-33-27(30)12-14-42-33/h3-11,22,24,27-31,33-34H,12-21,36H2,1-2H3/t24-,27?,28-,29-,30?,31-,33-,34+/m1/s1. The number of sulfonamides is 1. The Kier molecular flexibility index (Phi) is 11.4. The van der Waals surface area contributed by atoms with Crippen LogP contribution in [-0.4, -0.2) is 95.3 Å². The molecule has 4 fully saturated rings. The first kappa shape index (κ1) is 35.6. The third-order valence-electron chi connectivity index (χ3n) is 9.51. The first-order valence-corrected chi connectivity index (χ1v) is 18.4. The summed E-state index contributed by atoms with van der Waals surface area (Å²) in [7, 11) is -4.08. The van der Waals surface area contributed by atoms with E-state index in [4.69, 9.17) is 38.9 Å². The van der Waals surface area contributed by atoms with Gasteiger partial charge in [-0.05, 0) is 55.0 Å². The Hall–Kier alpha value is -3.27. The minimum Gasteiger partial charge on any atom is -0.459 e. The number of hydrogen-bond acceptors (Lipinski definition) is 12. The van der Waals surface area contributed by atoms with E-state index in [1.165, 1.54) is 28.6 Å². The summed E-state index contributed by atoms with van der Waals surface area (Å²) in [5.41, 5.74) is 7.15. The SMILES string of the molecule is CC(C)CN(C[C@@H](OC(=O)O[C@@H]1CO[C@@H]2OCC[C@@H]21)[C@@H](CC(=O)OC1CO[C@H]2OCCC12)Cc1ccccc1)S(=O)(=O)c1ccc(N)cc1. The fourth-order valence-electron chi connectivity index (χ4n) is 7.00. The first-order valence-electron chi connectivity index (χ1n) is 17.0. The number of ether oxygens (including phenoxy) is 7. The van der Waals surface area contributed by atoms with Crippen molar-refractivity contribution in [1.82, 2.24) is 4.31 Å².